The first kappa shape index (κ1) is 11.8. The summed E-state index contributed by atoms with van der Waals surface area (Å²) in [5.41, 5.74) is 1.78. The van der Waals surface area contributed by atoms with E-state index in [0.29, 0.717) is 6.54 Å². The molecule has 0 amide bonds. The zero-order valence-corrected chi connectivity index (χ0v) is 9.90. The molecule has 1 heterocycles. The first-order chi connectivity index (χ1) is 8.15. The molecule has 0 bridgehead atoms. The largest absolute Gasteiger partial charge is 0.360 e. The maximum atomic E-state index is 13.0. The highest BCUT2D eigenvalue weighted by Crippen LogP contribution is 2.14. The number of aryl methyl sites for hydroxylation is 1. The van der Waals surface area contributed by atoms with E-state index in [1.165, 1.54) is 12.1 Å². The second-order valence-corrected chi connectivity index (χ2v) is 4.09. The molecule has 0 spiro atoms. The molecule has 90 valence electrons. The lowest BCUT2D eigenvalue weighted by atomic mass is 10.1. The zero-order chi connectivity index (χ0) is 12.3. The Balaban J connectivity index is 1.95. The summed E-state index contributed by atoms with van der Waals surface area (Å²) in [7, 11) is 0. The van der Waals surface area contributed by atoms with Gasteiger partial charge in [-0.1, -0.05) is 17.3 Å². The Morgan fingerprint density at radius 2 is 2.24 bits per heavy atom. The van der Waals surface area contributed by atoms with Gasteiger partial charge in [0.05, 0.1) is 12.2 Å². The molecule has 0 saturated heterocycles. The van der Waals surface area contributed by atoms with Crippen molar-refractivity contribution in [2.24, 2.45) is 0 Å². The van der Waals surface area contributed by atoms with Crippen LogP contribution >= 0.6 is 0 Å². The van der Waals surface area contributed by atoms with Gasteiger partial charge in [-0.3, -0.25) is 0 Å². The van der Waals surface area contributed by atoms with Crippen LogP contribution in [0.5, 0.6) is 0 Å². The van der Waals surface area contributed by atoms with Gasteiger partial charge in [0.2, 0.25) is 0 Å². The first-order valence-electron chi connectivity index (χ1n) is 5.56. The maximum Gasteiger partial charge on any atom is 0.150 e. The van der Waals surface area contributed by atoms with E-state index in [0.717, 1.165) is 17.0 Å². The Morgan fingerprint density at radius 3 is 2.88 bits per heavy atom. The van der Waals surface area contributed by atoms with Gasteiger partial charge in [0, 0.05) is 12.1 Å². The van der Waals surface area contributed by atoms with E-state index in [1.807, 2.05) is 26.0 Å². The van der Waals surface area contributed by atoms with E-state index in [4.69, 9.17) is 4.52 Å². The third-order valence-corrected chi connectivity index (χ3v) is 2.61. The van der Waals surface area contributed by atoms with Gasteiger partial charge in [-0.2, -0.15) is 0 Å². The molecule has 4 heteroatoms. The average Bonchev–Trinajstić information content (AvgIpc) is 2.72. The molecule has 0 aliphatic rings. The molecule has 0 aliphatic heterocycles. The predicted molar refractivity (Wildman–Crippen MR) is 62.9 cm³/mol. The van der Waals surface area contributed by atoms with Crippen molar-refractivity contribution < 1.29 is 8.91 Å². The number of nitrogens with one attached hydrogen (secondary N) is 1. The highest BCUT2D eigenvalue weighted by Gasteiger charge is 2.07. The predicted octanol–water partition coefficient (Wildman–Crippen LogP) is 2.97. The number of nitrogens with zero attached hydrogens (tertiary/aromatic N) is 1. The van der Waals surface area contributed by atoms with Crippen molar-refractivity contribution in [3.05, 3.63) is 53.2 Å². The minimum Gasteiger partial charge on any atom is -0.360 e. The van der Waals surface area contributed by atoms with Crippen LogP contribution in [0.15, 0.2) is 34.9 Å². The zero-order valence-electron chi connectivity index (χ0n) is 9.90. The third kappa shape index (κ3) is 3.14. The van der Waals surface area contributed by atoms with Crippen LogP contribution in [0, 0.1) is 12.7 Å². The van der Waals surface area contributed by atoms with E-state index in [1.54, 1.807) is 6.07 Å². The van der Waals surface area contributed by atoms with Crippen LogP contribution < -0.4 is 5.32 Å². The van der Waals surface area contributed by atoms with Crippen LogP contribution in [0.3, 0.4) is 0 Å². The van der Waals surface area contributed by atoms with Gasteiger partial charge in [-0.05, 0) is 31.5 Å². The molecular weight excluding hydrogens is 219 g/mol. The second kappa shape index (κ2) is 5.10. The molecule has 1 aromatic heterocycles. The summed E-state index contributed by atoms with van der Waals surface area (Å²) in [5, 5.41) is 7.06. The summed E-state index contributed by atoms with van der Waals surface area (Å²) < 4.78 is 18.1. The van der Waals surface area contributed by atoms with Crippen molar-refractivity contribution in [3.8, 4) is 0 Å². The molecule has 3 nitrogen and oxygen atoms in total. The summed E-state index contributed by atoms with van der Waals surface area (Å²) in [6.45, 7) is 4.44. The van der Waals surface area contributed by atoms with E-state index >= 15 is 0 Å². The van der Waals surface area contributed by atoms with Gasteiger partial charge in [-0.15, -0.1) is 0 Å². The lowest BCUT2D eigenvalue weighted by Crippen LogP contribution is -2.17. The monoisotopic (exact) mass is 234 g/mol. The molecule has 1 unspecified atom stereocenters. The summed E-state index contributed by atoms with van der Waals surface area (Å²) in [6.07, 6.45) is 0. The van der Waals surface area contributed by atoms with Crippen LogP contribution in [0.2, 0.25) is 0 Å². The highest BCUT2D eigenvalue weighted by molar-refractivity contribution is 5.19. The van der Waals surface area contributed by atoms with Gasteiger partial charge in [0.1, 0.15) is 5.82 Å². The molecule has 1 atom stereocenters. The van der Waals surface area contributed by atoms with Crippen molar-refractivity contribution in [1.29, 1.82) is 0 Å². The third-order valence-electron chi connectivity index (χ3n) is 2.61. The molecule has 1 aromatic carbocycles. The Kier molecular flexibility index (Phi) is 3.54. The topological polar surface area (TPSA) is 38.1 Å². The van der Waals surface area contributed by atoms with Gasteiger partial charge in [0.15, 0.2) is 5.76 Å². The Morgan fingerprint density at radius 1 is 1.41 bits per heavy atom. The van der Waals surface area contributed by atoms with Crippen LogP contribution in [-0.4, -0.2) is 5.16 Å². The first-order valence-corrected chi connectivity index (χ1v) is 5.56. The summed E-state index contributed by atoms with van der Waals surface area (Å²) in [5.74, 6) is 0.567. The maximum absolute atomic E-state index is 13.0. The van der Waals surface area contributed by atoms with E-state index in [9.17, 15) is 4.39 Å². The fourth-order valence-corrected chi connectivity index (χ4v) is 1.65. The number of rotatable bonds is 4. The number of aromatic nitrogens is 1. The number of halogens is 1. The average molecular weight is 234 g/mol. The lowest BCUT2D eigenvalue weighted by Gasteiger charge is -2.12. The number of benzene rings is 1. The molecule has 17 heavy (non-hydrogen) atoms. The summed E-state index contributed by atoms with van der Waals surface area (Å²) in [4.78, 5) is 0. The van der Waals surface area contributed by atoms with Crippen LogP contribution in [-0.2, 0) is 6.54 Å². The van der Waals surface area contributed by atoms with Crippen molar-refractivity contribution in [2.75, 3.05) is 0 Å². The van der Waals surface area contributed by atoms with E-state index in [-0.39, 0.29) is 11.9 Å². The molecule has 0 radical (unpaired) electrons. The quantitative estimate of drug-likeness (QED) is 0.883. The molecule has 2 aromatic rings. The number of hydrogen-bond donors (Lipinski definition) is 1. The highest BCUT2D eigenvalue weighted by atomic mass is 19.1. The Bertz CT molecular complexity index is 496. The van der Waals surface area contributed by atoms with Crippen molar-refractivity contribution in [3.63, 3.8) is 0 Å². The van der Waals surface area contributed by atoms with Crippen molar-refractivity contribution in [1.82, 2.24) is 10.5 Å². The van der Waals surface area contributed by atoms with Gasteiger partial charge in [-0.25, -0.2) is 4.39 Å². The molecule has 0 saturated carbocycles. The minimum absolute atomic E-state index is 0.0658. The van der Waals surface area contributed by atoms with E-state index in [2.05, 4.69) is 10.5 Å². The second-order valence-electron chi connectivity index (χ2n) is 4.09. The minimum atomic E-state index is -0.216. The van der Waals surface area contributed by atoms with E-state index < -0.39 is 0 Å². The molecule has 0 aliphatic carbocycles. The number of hydrogen-bond acceptors (Lipinski definition) is 3. The van der Waals surface area contributed by atoms with Crippen LogP contribution in [0.1, 0.15) is 30.0 Å². The summed E-state index contributed by atoms with van der Waals surface area (Å²) >= 11 is 0. The Labute approximate surface area is 99.6 Å². The normalized spacial score (nSPS) is 12.6. The van der Waals surface area contributed by atoms with Crippen LogP contribution in [0.4, 0.5) is 4.39 Å². The molecule has 0 fully saturated rings. The lowest BCUT2D eigenvalue weighted by molar-refractivity contribution is 0.363. The van der Waals surface area contributed by atoms with Gasteiger partial charge >= 0.3 is 0 Å². The van der Waals surface area contributed by atoms with Gasteiger partial charge in [0.25, 0.3) is 0 Å². The SMILES string of the molecule is Cc1cc(CNC(C)c2cccc(F)c2)on1. The molecule has 1 N–H and O–H groups in total. The smallest absolute Gasteiger partial charge is 0.150 e. The fourth-order valence-electron chi connectivity index (χ4n) is 1.65. The Hall–Kier alpha value is -1.68. The van der Waals surface area contributed by atoms with Crippen molar-refractivity contribution in [2.45, 2.75) is 26.4 Å². The van der Waals surface area contributed by atoms with Crippen LogP contribution in [0.25, 0.3) is 0 Å². The molecule has 2 rings (SSSR count). The van der Waals surface area contributed by atoms with Gasteiger partial charge < -0.3 is 9.84 Å². The summed E-state index contributed by atoms with van der Waals surface area (Å²) in [6, 6.07) is 8.52. The van der Waals surface area contributed by atoms with Crippen molar-refractivity contribution >= 4 is 0 Å². The fraction of sp³-hybridized carbons (Fsp3) is 0.308. The molecular formula is C13H15FN2O. The standard InChI is InChI=1S/C13H15FN2O/c1-9-6-13(17-16-9)8-15-10(2)11-4-3-5-12(14)7-11/h3-7,10,15H,8H2,1-2H3.